The van der Waals surface area contributed by atoms with E-state index in [0.29, 0.717) is 6.04 Å². The van der Waals surface area contributed by atoms with Gasteiger partial charge in [0.05, 0.1) is 11.9 Å². The first-order chi connectivity index (χ1) is 9.22. The van der Waals surface area contributed by atoms with Gasteiger partial charge < -0.3 is 5.32 Å². The molecular formula is C15H22N4. The summed E-state index contributed by atoms with van der Waals surface area (Å²) in [5.41, 5.74) is 3.60. The van der Waals surface area contributed by atoms with E-state index >= 15 is 0 Å². The molecule has 4 heteroatoms. The van der Waals surface area contributed by atoms with Crippen LogP contribution in [0.5, 0.6) is 0 Å². The van der Waals surface area contributed by atoms with Crippen LogP contribution in [-0.2, 0) is 13.1 Å². The van der Waals surface area contributed by atoms with Gasteiger partial charge in [-0.2, -0.15) is 0 Å². The molecule has 0 fully saturated rings. The molecule has 2 aromatic rings. The van der Waals surface area contributed by atoms with Crippen molar-refractivity contribution in [1.82, 2.24) is 20.3 Å². The zero-order valence-electron chi connectivity index (χ0n) is 11.9. The molecule has 0 saturated carbocycles. The van der Waals surface area contributed by atoms with Gasteiger partial charge in [0.2, 0.25) is 0 Å². The summed E-state index contributed by atoms with van der Waals surface area (Å²) in [5.74, 6) is 0. The number of aromatic nitrogens is 3. The van der Waals surface area contributed by atoms with Gasteiger partial charge in [-0.25, -0.2) is 4.68 Å². The lowest BCUT2D eigenvalue weighted by Crippen LogP contribution is -2.22. The number of hydrogen-bond donors (Lipinski definition) is 1. The molecule has 102 valence electrons. The molecule has 0 spiro atoms. The summed E-state index contributed by atoms with van der Waals surface area (Å²) in [6, 6.07) is 8.93. The van der Waals surface area contributed by atoms with Crippen LogP contribution in [0.2, 0.25) is 0 Å². The highest BCUT2D eigenvalue weighted by Gasteiger charge is 2.10. The number of nitrogens with zero attached hydrogens (tertiary/aromatic N) is 3. The average Bonchev–Trinajstić information content (AvgIpc) is 2.85. The van der Waals surface area contributed by atoms with Crippen LogP contribution in [0.25, 0.3) is 11.3 Å². The normalized spacial score (nSPS) is 11.2. The Morgan fingerprint density at radius 1 is 1.26 bits per heavy atom. The zero-order chi connectivity index (χ0) is 13.7. The third-order valence-electron chi connectivity index (χ3n) is 3.05. The smallest absolute Gasteiger partial charge is 0.0888 e. The minimum absolute atomic E-state index is 0.478. The van der Waals surface area contributed by atoms with Crippen molar-refractivity contribution in [3.8, 4) is 11.3 Å². The molecule has 0 aliphatic carbocycles. The molecule has 0 unspecified atom stereocenters. The first-order valence-electron chi connectivity index (χ1n) is 6.92. The predicted molar refractivity (Wildman–Crippen MR) is 77.7 cm³/mol. The second-order valence-electron chi connectivity index (χ2n) is 5.04. The van der Waals surface area contributed by atoms with E-state index in [-0.39, 0.29) is 0 Å². The Hall–Kier alpha value is -1.68. The third kappa shape index (κ3) is 3.41. The SMILES string of the molecule is CCCn1nncc1-c1ccccc1CNC(C)C. The lowest BCUT2D eigenvalue weighted by atomic mass is 10.0. The van der Waals surface area contributed by atoms with Crippen LogP contribution < -0.4 is 5.32 Å². The van der Waals surface area contributed by atoms with Crippen molar-refractivity contribution in [2.45, 2.75) is 46.3 Å². The van der Waals surface area contributed by atoms with Crippen LogP contribution in [0, 0.1) is 0 Å². The molecule has 1 aromatic heterocycles. The second-order valence-corrected chi connectivity index (χ2v) is 5.04. The zero-order valence-corrected chi connectivity index (χ0v) is 11.9. The molecule has 0 aliphatic heterocycles. The summed E-state index contributed by atoms with van der Waals surface area (Å²) in [4.78, 5) is 0. The summed E-state index contributed by atoms with van der Waals surface area (Å²) in [6.45, 7) is 8.24. The molecule has 1 aromatic carbocycles. The molecule has 1 N–H and O–H groups in total. The van der Waals surface area contributed by atoms with E-state index in [0.717, 1.165) is 25.2 Å². The molecular weight excluding hydrogens is 236 g/mol. The van der Waals surface area contributed by atoms with Gasteiger partial charge in [0.25, 0.3) is 0 Å². The van der Waals surface area contributed by atoms with Crippen LogP contribution in [0.1, 0.15) is 32.8 Å². The van der Waals surface area contributed by atoms with Gasteiger partial charge >= 0.3 is 0 Å². The van der Waals surface area contributed by atoms with Gasteiger partial charge in [0.15, 0.2) is 0 Å². The van der Waals surface area contributed by atoms with Crippen molar-refractivity contribution in [1.29, 1.82) is 0 Å². The number of hydrogen-bond acceptors (Lipinski definition) is 3. The highest BCUT2D eigenvalue weighted by atomic mass is 15.4. The van der Waals surface area contributed by atoms with Crippen molar-refractivity contribution < 1.29 is 0 Å². The Morgan fingerprint density at radius 3 is 2.79 bits per heavy atom. The maximum absolute atomic E-state index is 4.16. The van der Waals surface area contributed by atoms with Crippen LogP contribution in [0.15, 0.2) is 30.5 Å². The topological polar surface area (TPSA) is 42.7 Å². The van der Waals surface area contributed by atoms with Crippen molar-refractivity contribution in [3.63, 3.8) is 0 Å². The minimum Gasteiger partial charge on any atom is -0.310 e. The van der Waals surface area contributed by atoms with Crippen molar-refractivity contribution in [2.24, 2.45) is 0 Å². The van der Waals surface area contributed by atoms with Gasteiger partial charge in [-0.1, -0.05) is 50.3 Å². The van der Waals surface area contributed by atoms with Gasteiger partial charge in [-0.05, 0) is 12.0 Å². The number of aryl methyl sites for hydroxylation is 1. The summed E-state index contributed by atoms with van der Waals surface area (Å²) in [6.07, 6.45) is 2.91. The van der Waals surface area contributed by atoms with Gasteiger partial charge in [0, 0.05) is 24.7 Å². The van der Waals surface area contributed by atoms with E-state index in [9.17, 15) is 0 Å². The van der Waals surface area contributed by atoms with Crippen LogP contribution in [0.3, 0.4) is 0 Å². The fraction of sp³-hybridized carbons (Fsp3) is 0.467. The first kappa shape index (κ1) is 13.7. The Bertz CT molecular complexity index is 516. The highest BCUT2D eigenvalue weighted by Crippen LogP contribution is 2.23. The van der Waals surface area contributed by atoms with Gasteiger partial charge in [0.1, 0.15) is 0 Å². The Labute approximate surface area is 114 Å². The number of benzene rings is 1. The molecule has 4 nitrogen and oxygen atoms in total. The van der Waals surface area contributed by atoms with Gasteiger partial charge in [-0.15, -0.1) is 5.10 Å². The average molecular weight is 258 g/mol. The lowest BCUT2D eigenvalue weighted by Gasteiger charge is -2.13. The molecule has 19 heavy (non-hydrogen) atoms. The largest absolute Gasteiger partial charge is 0.310 e. The lowest BCUT2D eigenvalue weighted by molar-refractivity contribution is 0.579. The Morgan fingerprint density at radius 2 is 2.05 bits per heavy atom. The first-order valence-corrected chi connectivity index (χ1v) is 6.92. The van der Waals surface area contributed by atoms with E-state index in [1.54, 1.807) is 0 Å². The molecule has 2 rings (SSSR count). The molecule has 0 saturated heterocycles. The highest BCUT2D eigenvalue weighted by molar-refractivity contribution is 5.63. The van der Waals surface area contributed by atoms with Crippen molar-refractivity contribution >= 4 is 0 Å². The Balaban J connectivity index is 2.30. The fourth-order valence-electron chi connectivity index (χ4n) is 2.08. The molecule has 0 bridgehead atoms. The Kier molecular flexibility index (Phi) is 4.68. The van der Waals surface area contributed by atoms with E-state index < -0.39 is 0 Å². The quantitative estimate of drug-likeness (QED) is 0.866. The summed E-state index contributed by atoms with van der Waals surface area (Å²) in [5, 5.41) is 11.7. The standard InChI is InChI=1S/C15H22N4/c1-4-9-19-15(11-17-18-19)14-8-6-5-7-13(14)10-16-12(2)3/h5-8,11-12,16H,4,9-10H2,1-3H3. The monoisotopic (exact) mass is 258 g/mol. The van der Waals surface area contributed by atoms with Crippen LogP contribution in [-0.4, -0.2) is 21.0 Å². The van der Waals surface area contributed by atoms with Crippen LogP contribution in [0.4, 0.5) is 0 Å². The second kappa shape index (κ2) is 6.48. The third-order valence-corrected chi connectivity index (χ3v) is 3.05. The van der Waals surface area contributed by atoms with Gasteiger partial charge in [-0.3, -0.25) is 0 Å². The molecule has 0 amide bonds. The number of rotatable bonds is 6. The number of nitrogens with one attached hydrogen (secondary N) is 1. The van der Waals surface area contributed by atoms with E-state index in [4.69, 9.17) is 0 Å². The maximum Gasteiger partial charge on any atom is 0.0888 e. The van der Waals surface area contributed by atoms with E-state index in [1.165, 1.54) is 11.1 Å². The summed E-state index contributed by atoms with van der Waals surface area (Å²) < 4.78 is 1.98. The van der Waals surface area contributed by atoms with Crippen molar-refractivity contribution in [2.75, 3.05) is 0 Å². The molecule has 0 atom stereocenters. The van der Waals surface area contributed by atoms with Crippen molar-refractivity contribution in [3.05, 3.63) is 36.0 Å². The molecule has 0 aliphatic rings. The maximum atomic E-state index is 4.16. The predicted octanol–water partition coefficient (Wildman–Crippen LogP) is 2.85. The fourth-order valence-corrected chi connectivity index (χ4v) is 2.08. The molecule has 0 radical (unpaired) electrons. The van der Waals surface area contributed by atoms with E-state index in [1.807, 2.05) is 10.9 Å². The summed E-state index contributed by atoms with van der Waals surface area (Å²) in [7, 11) is 0. The minimum atomic E-state index is 0.478. The van der Waals surface area contributed by atoms with Crippen LogP contribution >= 0.6 is 0 Å². The summed E-state index contributed by atoms with van der Waals surface area (Å²) >= 11 is 0. The molecule has 1 heterocycles. The van der Waals surface area contributed by atoms with E-state index in [2.05, 4.69) is 60.7 Å².